The van der Waals surface area contributed by atoms with Crippen molar-refractivity contribution in [1.82, 2.24) is 10.2 Å². The number of methoxy groups -OCH3 is 1. The fraction of sp³-hybridized carbons (Fsp3) is 0.594. The van der Waals surface area contributed by atoms with E-state index in [9.17, 15) is 4.79 Å². The predicted molar refractivity (Wildman–Crippen MR) is 149 cm³/mol. The molecule has 2 atom stereocenters. The van der Waals surface area contributed by atoms with Crippen LogP contribution in [0, 0.1) is 0 Å². The molecule has 3 fully saturated rings. The minimum absolute atomic E-state index is 0.0423. The van der Waals surface area contributed by atoms with Gasteiger partial charge in [0.05, 0.1) is 25.7 Å². The standard InChI is InChI=1S/C32H42F2N2O3/c1-21(2)36-17-14-25(15-18-36)39-28-11-6-16-32(33,34)31(28)35-29(37)20-24-8-5-10-27(30(24)22-12-13-22)23-7-4-9-26(19-23)38-3/h4-5,7-10,19,21-22,25,28,31H,6,11-18,20H2,1-3H3,(H,35,37)/t28-,31+/m0/s1. The van der Waals surface area contributed by atoms with Gasteiger partial charge in [-0.2, -0.15) is 0 Å². The second kappa shape index (κ2) is 11.9. The first-order valence-corrected chi connectivity index (χ1v) is 14.6. The lowest BCUT2D eigenvalue weighted by atomic mass is 9.87. The largest absolute Gasteiger partial charge is 0.497 e. The summed E-state index contributed by atoms with van der Waals surface area (Å²) < 4.78 is 42.1. The maximum absolute atomic E-state index is 15.2. The Balaban J connectivity index is 1.30. The first-order chi connectivity index (χ1) is 18.7. The monoisotopic (exact) mass is 540 g/mol. The van der Waals surface area contributed by atoms with Gasteiger partial charge in [-0.05, 0) is 92.7 Å². The third-order valence-electron chi connectivity index (χ3n) is 8.63. The zero-order valence-electron chi connectivity index (χ0n) is 23.4. The number of ether oxygens (including phenoxy) is 2. The molecule has 212 valence electrons. The van der Waals surface area contributed by atoms with Crippen LogP contribution in [0.5, 0.6) is 5.75 Å². The maximum atomic E-state index is 15.2. The Labute approximate surface area is 231 Å². The van der Waals surface area contributed by atoms with Crippen molar-refractivity contribution in [3.63, 3.8) is 0 Å². The van der Waals surface area contributed by atoms with Crippen LogP contribution in [0.3, 0.4) is 0 Å². The molecular weight excluding hydrogens is 498 g/mol. The van der Waals surface area contributed by atoms with Crippen molar-refractivity contribution in [2.24, 2.45) is 0 Å². The van der Waals surface area contributed by atoms with Gasteiger partial charge in [0.25, 0.3) is 5.92 Å². The molecule has 0 unspecified atom stereocenters. The van der Waals surface area contributed by atoms with E-state index in [1.807, 2.05) is 36.4 Å². The van der Waals surface area contributed by atoms with Crippen LogP contribution in [-0.2, 0) is 16.0 Å². The molecule has 1 amide bonds. The second-order valence-corrected chi connectivity index (χ2v) is 11.8. The molecule has 1 N–H and O–H groups in total. The van der Waals surface area contributed by atoms with Crippen molar-refractivity contribution in [2.45, 2.75) is 101 Å². The Morgan fingerprint density at radius 3 is 2.51 bits per heavy atom. The van der Waals surface area contributed by atoms with Gasteiger partial charge in [0.1, 0.15) is 11.8 Å². The van der Waals surface area contributed by atoms with Crippen LogP contribution in [0.2, 0.25) is 0 Å². The van der Waals surface area contributed by atoms with Crippen LogP contribution >= 0.6 is 0 Å². The number of likely N-dealkylation sites (tertiary alicyclic amines) is 1. The van der Waals surface area contributed by atoms with E-state index < -0.39 is 18.1 Å². The van der Waals surface area contributed by atoms with Crippen molar-refractivity contribution >= 4 is 5.91 Å². The third-order valence-corrected chi connectivity index (χ3v) is 8.63. The number of halogens is 2. The van der Waals surface area contributed by atoms with Crippen LogP contribution in [0.15, 0.2) is 42.5 Å². The summed E-state index contributed by atoms with van der Waals surface area (Å²) in [7, 11) is 1.65. The summed E-state index contributed by atoms with van der Waals surface area (Å²) in [4.78, 5) is 15.7. The summed E-state index contributed by atoms with van der Waals surface area (Å²) in [5.41, 5.74) is 4.18. The van der Waals surface area contributed by atoms with Gasteiger partial charge in [-0.25, -0.2) is 8.78 Å². The number of carbonyl (C=O) groups is 1. The van der Waals surface area contributed by atoms with Gasteiger partial charge in [0.2, 0.25) is 5.91 Å². The zero-order valence-corrected chi connectivity index (χ0v) is 23.4. The average molecular weight is 541 g/mol. The van der Waals surface area contributed by atoms with Gasteiger partial charge in [-0.15, -0.1) is 0 Å². The van der Waals surface area contributed by atoms with E-state index in [1.54, 1.807) is 7.11 Å². The van der Waals surface area contributed by atoms with E-state index in [0.29, 0.717) is 24.8 Å². The molecule has 2 aromatic carbocycles. The maximum Gasteiger partial charge on any atom is 0.270 e. The molecule has 1 heterocycles. The molecule has 3 aliphatic rings. The van der Waals surface area contributed by atoms with E-state index >= 15 is 8.78 Å². The molecule has 0 spiro atoms. The molecule has 5 rings (SSSR count). The lowest BCUT2D eigenvalue weighted by Gasteiger charge is -2.42. The molecule has 5 nitrogen and oxygen atoms in total. The van der Waals surface area contributed by atoms with Gasteiger partial charge >= 0.3 is 0 Å². The third kappa shape index (κ3) is 6.63. The normalized spacial score (nSPS) is 24.1. The summed E-state index contributed by atoms with van der Waals surface area (Å²) in [6.45, 7) is 6.18. The Morgan fingerprint density at radius 1 is 1.08 bits per heavy atom. The van der Waals surface area contributed by atoms with E-state index in [0.717, 1.165) is 66.8 Å². The van der Waals surface area contributed by atoms with Crippen molar-refractivity contribution < 1.29 is 23.0 Å². The molecule has 7 heteroatoms. The van der Waals surface area contributed by atoms with Gasteiger partial charge in [-0.3, -0.25) is 4.79 Å². The van der Waals surface area contributed by atoms with Crippen LogP contribution in [0.4, 0.5) is 8.78 Å². The number of amides is 1. The summed E-state index contributed by atoms with van der Waals surface area (Å²) in [6, 6.07) is 13.1. The molecule has 0 bridgehead atoms. The van der Waals surface area contributed by atoms with Gasteiger partial charge < -0.3 is 19.7 Å². The predicted octanol–water partition coefficient (Wildman–Crippen LogP) is 6.34. The number of carbonyl (C=O) groups excluding carboxylic acids is 1. The Morgan fingerprint density at radius 2 is 1.82 bits per heavy atom. The molecule has 1 aliphatic heterocycles. The number of nitrogens with zero attached hydrogens (tertiary/aromatic N) is 1. The van der Waals surface area contributed by atoms with Crippen molar-refractivity contribution in [2.75, 3.05) is 20.2 Å². The summed E-state index contributed by atoms with van der Waals surface area (Å²) >= 11 is 0. The first kappa shape index (κ1) is 28.0. The zero-order chi connectivity index (χ0) is 27.6. The quantitative estimate of drug-likeness (QED) is 0.403. The Hall–Kier alpha value is -2.51. The topological polar surface area (TPSA) is 50.8 Å². The highest BCUT2D eigenvalue weighted by Crippen LogP contribution is 2.46. The number of hydrogen-bond acceptors (Lipinski definition) is 4. The van der Waals surface area contributed by atoms with Crippen molar-refractivity contribution in [3.8, 4) is 16.9 Å². The van der Waals surface area contributed by atoms with Gasteiger partial charge in [0, 0.05) is 25.6 Å². The number of nitrogens with one attached hydrogen (secondary N) is 1. The van der Waals surface area contributed by atoms with E-state index in [2.05, 4.69) is 30.1 Å². The molecule has 39 heavy (non-hydrogen) atoms. The lowest BCUT2D eigenvalue weighted by molar-refractivity contribution is -0.157. The second-order valence-electron chi connectivity index (χ2n) is 11.8. The van der Waals surface area contributed by atoms with E-state index in [4.69, 9.17) is 9.47 Å². The molecular formula is C32H42F2N2O3. The van der Waals surface area contributed by atoms with Crippen LogP contribution < -0.4 is 10.1 Å². The van der Waals surface area contributed by atoms with Crippen LogP contribution in [0.1, 0.15) is 75.8 Å². The SMILES string of the molecule is COc1cccc(-c2cccc(CC(=O)N[C@@H]3[C@@H](OC4CCN(C(C)C)CC4)CCCC3(F)F)c2C2CC2)c1. The fourth-order valence-corrected chi connectivity index (χ4v) is 6.31. The first-order valence-electron chi connectivity index (χ1n) is 14.6. The van der Waals surface area contributed by atoms with Crippen LogP contribution in [0.25, 0.3) is 11.1 Å². The number of benzene rings is 2. The average Bonchev–Trinajstić information content (AvgIpc) is 3.76. The number of rotatable bonds is 9. The summed E-state index contributed by atoms with van der Waals surface area (Å²) in [5, 5.41) is 2.74. The van der Waals surface area contributed by atoms with Gasteiger partial charge in [-0.1, -0.05) is 30.3 Å². The van der Waals surface area contributed by atoms with E-state index in [1.165, 1.54) is 0 Å². The molecule has 2 saturated carbocycles. The van der Waals surface area contributed by atoms with Crippen molar-refractivity contribution in [1.29, 1.82) is 0 Å². The lowest BCUT2D eigenvalue weighted by Crippen LogP contribution is -2.58. The smallest absolute Gasteiger partial charge is 0.270 e. The minimum Gasteiger partial charge on any atom is -0.497 e. The van der Waals surface area contributed by atoms with E-state index in [-0.39, 0.29) is 24.9 Å². The summed E-state index contributed by atoms with van der Waals surface area (Å²) in [5.74, 6) is -2.19. The highest BCUT2D eigenvalue weighted by atomic mass is 19.3. The van der Waals surface area contributed by atoms with Crippen molar-refractivity contribution in [3.05, 3.63) is 53.6 Å². The molecule has 2 aromatic rings. The molecule has 0 aromatic heterocycles. The number of piperidine rings is 1. The Kier molecular flexibility index (Phi) is 8.57. The highest BCUT2D eigenvalue weighted by Gasteiger charge is 2.49. The Bertz CT molecular complexity index is 1140. The molecule has 0 radical (unpaired) electrons. The minimum atomic E-state index is -2.99. The number of alkyl halides is 2. The highest BCUT2D eigenvalue weighted by molar-refractivity contribution is 5.81. The van der Waals surface area contributed by atoms with Gasteiger partial charge in [0.15, 0.2) is 0 Å². The number of hydrogen-bond donors (Lipinski definition) is 1. The summed E-state index contributed by atoms with van der Waals surface area (Å²) in [6.07, 6.45) is 3.92. The molecule has 1 saturated heterocycles. The van der Waals surface area contributed by atoms with Crippen LogP contribution in [-0.4, -0.2) is 61.2 Å². The fourth-order valence-electron chi connectivity index (χ4n) is 6.31. The molecule has 2 aliphatic carbocycles.